The molecule has 0 aromatic rings. The van der Waals surface area contributed by atoms with E-state index in [-0.39, 0.29) is 23.7 Å². The quantitative estimate of drug-likeness (QED) is 0.812. The number of ether oxygens (including phenoxy) is 3. The van der Waals surface area contributed by atoms with Gasteiger partial charge in [-0.1, -0.05) is 0 Å². The van der Waals surface area contributed by atoms with Gasteiger partial charge < -0.3 is 19.5 Å². The molecule has 0 aromatic carbocycles. The molecule has 4 aliphatic carbocycles. The van der Waals surface area contributed by atoms with E-state index in [0.29, 0.717) is 6.61 Å². The lowest BCUT2D eigenvalue weighted by atomic mass is 9.47. The third-order valence-corrected chi connectivity index (χ3v) is 6.82. The highest BCUT2D eigenvalue weighted by Crippen LogP contribution is 2.62. The molecule has 5 aliphatic rings. The summed E-state index contributed by atoms with van der Waals surface area (Å²) in [6.45, 7) is 10.2. The fourth-order valence-corrected chi connectivity index (χ4v) is 6.51. The summed E-state index contributed by atoms with van der Waals surface area (Å²) in [7, 11) is 0. The van der Waals surface area contributed by atoms with Gasteiger partial charge in [0.1, 0.15) is 11.7 Å². The van der Waals surface area contributed by atoms with E-state index in [0.717, 1.165) is 17.8 Å². The van der Waals surface area contributed by atoms with Crippen molar-refractivity contribution in [2.75, 3.05) is 6.61 Å². The molecule has 1 saturated heterocycles. The van der Waals surface area contributed by atoms with Crippen molar-refractivity contribution < 1.29 is 19.0 Å². The minimum atomic E-state index is -0.583. The molecule has 1 aliphatic heterocycles. The molecule has 2 atom stereocenters. The molecule has 0 unspecified atom stereocenters. The topological polar surface area (TPSA) is 56.8 Å². The van der Waals surface area contributed by atoms with Crippen LogP contribution in [0.3, 0.4) is 0 Å². The predicted octanol–water partition coefficient (Wildman–Crippen LogP) is 4.25. The number of carbonyl (C=O) groups is 1. The van der Waals surface area contributed by atoms with Crippen LogP contribution in [0, 0.1) is 23.2 Å². The number of alkyl carbamates (subject to hydrolysis) is 1. The molecule has 1 N–H and O–H groups in total. The SMILES string of the molecule is CC(C)(C)OC(=O)N[C@H]([C@H]1COC(C)(C)O1)C12CC3CC(CC(C3)C1)C2. The highest BCUT2D eigenvalue weighted by atomic mass is 16.7. The van der Waals surface area contributed by atoms with Crippen LogP contribution in [0.25, 0.3) is 0 Å². The maximum atomic E-state index is 12.7. The molecule has 4 bridgehead atoms. The molecule has 148 valence electrons. The zero-order valence-electron chi connectivity index (χ0n) is 17.0. The Bertz CT molecular complexity index is 530. The van der Waals surface area contributed by atoms with Crippen molar-refractivity contribution in [2.45, 2.75) is 96.7 Å². The average Bonchev–Trinajstić information content (AvgIpc) is 2.81. The van der Waals surface area contributed by atoms with Crippen LogP contribution in [-0.2, 0) is 14.2 Å². The number of amides is 1. The van der Waals surface area contributed by atoms with E-state index in [1.54, 1.807) is 0 Å². The molecule has 0 radical (unpaired) electrons. The number of nitrogens with one attached hydrogen (secondary N) is 1. The maximum absolute atomic E-state index is 12.7. The van der Waals surface area contributed by atoms with Crippen molar-refractivity contribution in [1.82, 2.24) is 5.32 Å². The van der Waals surface area contributed by atoms with Crippen molar-refractivity contribution in [2.24, 2.45) is 23.2 Å². The summed E-state index contributed by atoms with van der Waals surface area (Å²) in [6.07, 6.45) is 7.34. The van der Waals surface area contributed by atoms with E-state index in [1.165, 1.54) is 38.5 Å². The molecule has 1 amide bonds. The lowest BCUT2D eigenvalue weighted by Crippen LogP contribution is -2.62. The van der Waals surface area contributed by atoms with E-state index in [9.17, 15) is 4.79 Å². The summed E-state index contributed by atoms with van der Waals surface area (Å²) >= 11 is 0. The van der Waals surface area contributed by atoms with E-state index >= 15 is 0 Å². The van der Waals surface area contributed by atoms with Gasteiger partial charge in [0, 0.05) is 0 Å². The second kappa shape index (κ2) is 6.10. The lowest BCUT2D eigenvalue weighted by molar-refractivity contribution is -0.157. The van der Waals surface area contributed by atoms with Crippen molar-refractivity contribution in [3.8, 4) is 0 Å². The fourth-order valence-electron chi connectivity index (χ4n) is 6.51. The molecular formula is C21H35NO4. The monoisotopic (exact) mass is 365 g/mol. The largest absolute Gasteiger partial charge is 0.444 e. The standard InChI is InChI=1S/C21H35NO4/c1-19(2,3)26-18(23)22-17(16-12-24-20(4,5)25-16)21-9-13-6-14(10-21)8-15(7-13)11-21/h13-17H,6-12H2,1-5H3,(H,22,23)/t13?,14?,15?,16-,17-,21?/m1/s1. The average molecular weight is 366 g/mol. The van der Waals surface area contributed by atoms with E-state index in [2.05, 4.69) is 5.32 Å². The van der Waals surface area contributed by atoms with Gasteiger partial charge in [-0.25, -0.2) is 4.79 Å². The Labute approximate surface area is 157 Å². The Morgan fingerprint density at radius 3 is 2.04 bits per heavy atom. The first kappa shape index (κ1) is 18.5. The lowest BCUT2D eigenvalue weighted by Gasteiger charge is -2.60. The molecule has 0 spiro atoms. The minimum absolute atomic E-state index is 0.0347. The Balaban J connectivity index is 1.58. The van der Waals surface area contributed by atoms with Crippen molar-refractivity contribution in [1.29, 1.82) is 0 Å². The molecule has 5 fully saturated rings. The zero-order valence-corrected chi connectivity index (χ0v) is 17.0. The van der Waals surface area contributed by atoms with Crippen LogP contribution in [0.15, 0.2) is 0 Å². The van der Waals surface area contributed by atoms with Gasteiger partial charge in [0.25, 0.3) is 0 Å². The first-order valence-electron chi connectivity index (χ1n) is 10.3. The van der Waals surface area contributed by atoms with Gasteiger partial charge in [-0.15, -0.1) is 0 Å². The van der Waals surface area contributed by atoms with Crippen LogP contribution in [0.2, 0.25) is 0 Å². The van der Waals surface area contributed by atoms with Gasteiger partial charge in [0.2, 0.25) is 0 Å². The van der Waals surface area contributed by atoms with Crippen LogP contribution in [0.5, 0.6) is 0 Å². The third kappa shape index (κ3) is 3.62. The van der Waals surface area contributed by atoms with Gasteiger partial charge in [0.05, 0.1) is 12.6 Å². The normalized spacial score (nSPS) is 41.9. The fraction of sp³-hybridized carbons (Fsp3) is 0.952. The highest BCUT2D eigenvalue weighted by Gasteiger charge is 2.58. The molecule has 5 rings (SSSR count). The first-order valence-corrected chi connectivity index (χ1v) is 10.3. The first-order chi connectivity index (χ1) is 12.0. The molecule has 26 heavy (non-hydrogen) atoms. The Hall–Kier alpha value is -0.810. The number of hydrogen-bond donors (Lipinski definition) is 1. The molecular weight excluding hydrogens is 330 g/mol. The van der Waals surface area contributed by atoms with Gasteiger partial charge in [0.15, 0.2) is 5.79 Å². The van der Waals surface area contributed by atoms with E-state index < -0.39 is 11.4 Å². The smallest absolute Gasteiger partial charge is 0.407 e. The highest BCUT2D eigenvalue weighted by molar-refractivity contribution is 5.68. The predicted molar refractivity (Wildman–Crippen MR) is 98.7 cm³/mol. The second-order valence-corrected chi connectivity index (χ2v) is 10.8. The van der Waals surface area contributed by atoms with Crippen molar-refractivity contribution >= 4 is 6.09 Å². The summed E-state index contributed by atoms with van der Waals surface area (Å²) < 4.78 is 17.7. The summed E-state index contributed by atoms with van der Waals surface area (Å²) in [5.74, 6) is 1.87. The Kier molecular flexibility index (Phi) is 4.35. The molecule has 0 aromatic heterocycles. The molecule has 5 nitrogen and oxygen atoms in total. The van der Waals surface area contributed by atoms with Gasteiger partial charge in [-0.05, 0) is 96.3 Å². The number of hydrogen-bond acceptors (Lipinski definition) is 4. The van der Waals surface area contributed by atoms with Crippen LogP contribution in [-0.4, -0.2) is 36.2 Å². The molecule has 1 heterocycles. The van der Waals surface area contributed by atoms with Gasteiger partial charge in [-0.2, -0.15) is 0 Å². The molecule has 5 heteroatoms. The minimum Gasteiger partial charge on any atom is -0.444 e. The van der Waals surface area contributed by atoms with Crippen LogP contribution >= 0.6 is 0 Å². The third-order valence-electron chi connectivity index (χ3n) is 6.82. The van der Waals surface area contributed by atoms with Crippen molar-refractivity contribution in [3.63, 3.8) is 0 Å². The van der Waals surface area contributed by atoms with Gasteiger partial charge in [-0.3, -0.25) is 0 Å². The zero-order chi connectivity index (χ0) is 18.7. The van der Waals surface area contributed by atoms with Crippen molar-refractivity contribution in [3.05, 3.63) is 0 Å². The van der Waals surface area contributed by atoms with Gasteiger partial charge >= 0.3 is 6.09 Å². The number of rotatable bonds is 3. The van der Waals surface area contributed by atoms with Crippen LogP contribution in [0.4, 0.5) is 4.79 Å². The summed E-state index contributed by atoms with van der Waals surface area (Å²) in [5.41, 5.74) is -0.359. The van der Waals surface area contributed by atoms with E-state index in [1.807, 2.05) is 34.6 Å². The second-order valence-electron chi connectivity index (χ2n) is 10.8. The molecule has 4 saturated carbocycles. The van der Waals surface area contributed by atoms with E-state index in [4.69, 9.17) is 14.2 Å². The van der Waals surface area contributed by atoms with Crippen LogP contribution in [0.1, 0.15) is 73.1 Å². The summed E-state index contributed by atoms with van der Waals surface area (Å²) in [5, 5.41) is 3.24. The summed E-state index contributed by atoms with van der Waals surface area (Å²) in [6, 6.07) is -0.0347. The van der Waals surface area contributed by atoms with Crippen LogP contribution < -0.4 is 5.32 Å². The maximum Gasteiger partial charge on any atom is 0.407 e. The Morgan fingerprint density at radius 1 is 1.08 bits per heavy atom. The Morgan fingerprint density at radius 2 is 1.62 bits per heavy atom. The summed E-state index contributed by atoms with van der Waals surface area (Å²) in [4.78, 5) is 12.7. The number of carbonyl (C=O) groups excluding carboxylic acids is 1.